The van der Waals surface area contributed by atoms with Crippen LogP contribution in [0.25, 0.3) is 10.8 Å². The molecule has 0 spiro atoms. The summed E-state index contributed by atoms with van der Waals surface area (Å²) in [5.41, 5.74) is 0. The molecule has 0 amide bonds. The second-order valence-electron chi connectivity index (χ2n) is 7.41. The fraction of sp³-hybridized carbons (Fsp3) is 0.500. The van der Waals surface area contributed by atoms with Crippen LogP contribution < -0.4 is 4.74 Å². The van der Waals surface area contributed by atoms with Crippen molar-refractivity contribution in [1.82, 2.24) is 0 Å². The van der Waals surface area contributed by atoms with Crippen molar-refractivity contribution < 1.29 is 18.3 Å². The lowest BCUT2D eigenvalue weighted by molar-refractivity contribution is -0.140. The minimum Gasteiger partial charge on any atom is -0.426 e. The van der Waals surface area contributed by atoms with E-state index in [0.717, 1.165) is 43.7 Å². The van der Waals surface area contributed by atoms with Crippen molar-refractivity contribution in [2.45, 2.75) is 58.3 Å². The highest BCUT2D eigenvalue weighted by atomic mass is 19.2. The Balaban J connectivity index is 1.57. The molecule has 1 aliphatic carbocycles. The number of benzene rings is 2. The highest BCUT2D eigenvalue weighted by Crippen LogP contribution is 2.33. The number of esters is 1. The number of carbonyl (C=O) groups is 1. The summed E-state index contributed by atoms with van der Waals surface area (Å²) >= 11 is 0. The quantitative estimate of drug-likeness (QED) is 0.338. The zero-order valence-electron chi connectivity index (χ0n) is 15.3. The molecule has 0 atom stereocenters. The van der Waals surface area contributed by atoms with E-state index >= 15 is 0 Å². The Hall–Kier alpha value is -1.97. The summed E-state index contributed by atoms with van der Waals surface area (Å²) in [6.45, 7) is 2.21. The number of ether oxygens (including phenoxy) is 1. The number of fused-ring (bicyclic) bond motifs is 1. The Morgan fingerprint density at radius 2 is 1.69 bits per heavy atom. The fourth-order valence-electron chi connectivity index (χ4n) is 3.85. The van der Waals surface area contributed by atoms with Crippen LogP contribution in [0.3, 0.4) is 0 Å². The topological polar surface area (TPSA) is 26.3 Å². The molecule has 0 aliphatic heterocycles. The van der Waals surface area contributed by atoms with Crippen molar-refractivity contribution in [2.24, 2.45) is 11.8 Å². The maximum absolute atomic E-state index is 13.4. The summed E-state index contributed by atoms with van der Waals surface area (Å²) in [5, 5.41) is 1.10. The van der Waals surface area contributed by atoms with Gasteiger partial charge in [-0.15, -0.1) is 0 Å². The lowest BCUT2D eigenvalue weighted by Gasteiger charge is -2.27. The van der Waals surface area contributed by atoms with E-state index in [4.69, 9.17) is 4.74 Å². The molecule has 2 nitrogen and oxygen atoms in total. The molecule has 0 N–H and O–H groups in total. The lowest BCUT2D eigenvalue weighted by atomic mass is 9.80. The van der Waals surface area contributed by atoms with Crippen molar-refractivity contribution in [1.29, 1.82) is 0 Å². The molecule has 1 fully saturated rings. The highest BCUT2D eigenvalue weighted by Gasteiger charge is 2.27. The van der Waals surface area contributed by atoms with E-state index in [1.54, 1.807) is 18.2 Å². The first-order valence-corrected chi connectivity index (χ1v) is 9.67. The first-order valence-electron chi connectivity index (χ1n) is 9.67. The highest BCUT2D eigenvalue weighted by molar-refractivity contribution is 5.85. The first-order chi connectivity index (χ1) is 12.6. The summed E-state index contributed by atoms with van der Waals surface area (Å²) in [5.74, 6) is -0.917. The third kappa shape index (κ3) is 4.60. The first kappa shape index (κ1) is 18.8. The average molecular weight is 360 g/mol. The van der Waals surface area contributed by atoms with Gasteiger partial charge in [0.25, 0.3) is 0 Å². The van der Waals surface area contributed by atoms with Gasteiger partial charge in [-0.25, -0.2) is 8.78 Å². The van der Waals surface area contributed by atoms with Crippen molar-refractivity contribution in [3.8, 4) is 5.75 Å². The van der Waals surface area contributed by atoms with Crippen LogP contribution in [0.2, 0.25) is 0 Å². The molecule has 2 aromatic carbocycles. The second kappa shape index (κ2) is 8.61. The summed E-state index contributed by atoms with van der Waals surface area (Å²) < 4.78 is 32.2. The predicted molar refractivity (Wildman–Crippen MR) is 99.1 cm³/mol. The standard InChI is InChI=1S/C22H26F2O2/c1-2-3-4-5-15-6-8-16(9-7-15)22(25)26-19-11-10-17-13-20(23)21(24)14-18(17)12-19/h10-16H,2-9H2,1H3. The molecule has 0 aromatic heterocycles. The number of hydrogen-bond donors (Lipinski definition) is 0. The van der Waals surface area contributed by atoms with Gasteiger partial charge in [-0.05, 0) is 66.6 Å². The molecule has 26 heavy (non-hydrogen) atoms. The van der Waals surface area contributed by atoms with Crippen LogP contribution in [0.4, 0.5) is 8.78 Å². The molecule has 0 unspecified atom stereocenters. The predicted octanol–water partition coefficient (Wildman–Crippen LogP) is 6.41. The smallest absolute Gasteiger partial charge is 0.314 e. The number of hydrogen-bond acceptors (Lipinski definition) is 2. The Kier molecular flexibility index (Phi) is 6.23. The van der Waals surface area contributed by atoms with Gasteiger partial charge in [0.1, 0.15) is 5.75 Å². The summed E-state index contributed by atoms with van der Waals surface area (Å²) in [6, 6.07) is 7.14. The zero-order chi connectivity index (χ0) is 18.5. The van der Waals surface area contributed by atoms with Gasteiger partial charge in [-0.2, -0.15) is 0 Å². The van der Waals surface area contributed by atoms with Crippen LogP contribution in [0.1, 0.15) is 58.3 Å². The van der Waals surface area contributed by atoms with E-state index in [1.165, 1.54) is 25.7 Å². The maximum Gasteiger partial charge on any atom is 0.314 e. The van der Waals surface area contributed by atoms with Gasteiger partial charge in [-0.3, -0.25) is 4.79 Å². The van der Waals surface area contributed by atoms with E-state index in [-0.39, 0.29) is 11.9 Å². The molecule has 0 bridgehead atoms. The summed E-state index contributed by atoms with van der Waals surface area (Å²) in [7, 11) is 0. The molecule has 0 radical (unpaired) electrons. The van der Waals surface area contributed by atoms with Crippen LogP contribution in [-0.4, -0.2) is 5.97 Å². The summed E-state index contributed by atoms with van der Waals surface area (Å²) in [6.07, 6.45) is 9.01. The van der Waals surface area contributed by atoms with Gasteiger partial charge in [0, 0.05) is 0 Å². The van der Waals surface area contributed by atoms with E-state index < -0.39 is 11.6 Å². The number of carbonyl (C=O) groups excluding carboxylic acids is 1. The van der Waals surface area contributed by atoms with E-state index in [9.17, 15) is 13.6 Å². The van der Waals surface area contributed by atoms with Crippen molar-refractivity contribution in [3.05, 3.63) is 42.0 Å². The van der Waals surface area contributed by atoms with Gasteiger partial charge in [0.2, 0.25) is 0 Å². The van der Waals surface area contributed by atoms with Crippen molar-refractivity contribution in [2.75, 3.05) is 0 Å². The van der Waals surface area contributed by atoms with Gasteiger partial charge in [0.05, 0.1) is 5.92 Å². The molecule has 0 heterocycles. The van der Waals surface area contributed by atoms with Crippen LogP contribution >= 0.6 is 0 Å². The second-order valence-corrected chi connectivity index (χ2v) is 7.41. The lowest BCUT2D eigenvalue weighted by Crippen LogP contribution is -2.25. The van der Waals surface area contributed by atoms with Gasteiger partial charge < -0.3 is 4.74 Å². The molecular weight excluding hydrogens is 334 g/mol. The summed E-state index contributed by atoms with van der Waals surface area (Å²) in [4.78, 5) is 12.4. The molecule has 1 saturated carbocycles. The SMILES string of the molecule is CCCCCC1CCC(C(=O)Oc2ccc3cc(F)c(F)cc3c2)CC1. The molecular formula is C22H26F2O2. The number of halogens is 2. The third-order valence-corrected chi connectivity index (χ3v) is 5.47. The van der Waals surface area contributed by atoms with Gasteiger partial charge in [-0.1, -0.05) is 38.7 Å². The largest absolute Gasteiger partial charge is 0.426 e. The Morgan fingerprint density at radius 3 is 2.38 bits per heavy atom. The zero-order valence-corrected chi connectivity index (χ0v) is 15.3. The molecule has 4 heteroatoms. The van der Waals surface area contributed by atoms with Crippen LogP contribution in [0, 0.1) is 23.5 Å². The normalized spacial score (nSPS) is 20.3. The van der Waals surface area contributed by atoms with E-state index in [2.05, 4.69) is 6.92 Å². The molecule has 3 rings (SSSR count). The fourth-order valence-corrected chi connectivity index (χ4v) is 3.85. The van der Waals surface area contributed by atoms with E-state index in [0.29, 0.717) is 16.5 Å². The maximum atomic E-state index is 13.4. The van der Waals surface area contributed by atoms with Crippen LogP contribution in [0.15, 0.2) is 30.3 Å². The Bertz CT molecular complexity index is 764. The molecule has 1 aliphatic rings. The molecule has 140 valence electrons. The van der Waals surface area contributed by atoms with Gasteiger partial charge in [0.15, 0.2) is 11.6 Å². The third-order valence-electron chi connectivity index (χ3n) is 5.47. The Morgan fingerprint density at radius 1 is 1.00 bits per heavy atom. The monoisotopic (exact) mass is 360 g/mol. The van der Waals surface area contributed by atoms with Crippen molar-refractivity contribution in [3.63, 3.8) is 0 Å². The van der Waals surface area contributed by atoms with Gasteiger partial charge >= 0.3 is 5.97 Å². The van der Waals surface area contributed by atoms with E-state index in [1.807, 2.05) is 0 Å². The minimum atomic E-state index is -0.901. The molecule has 2 aromatic rings. The van der Waals surface area contributed by atoms with Crippen LogP contribution in [0.5, 0.6) is 5.75 Å². The average Bonchev–Trinajstić information content (AvgIpc) is 2.64. The number of rotatable bonds is 6. The minimum absolute atomic E-state index is 0.0573. The Labute approximate surface area is 153 Å². The molecule has 0 saturated heterocycles. The van der Waals surface area contributed by atoms with Crippen molar-refractivity contribution >= 4 is 16.7 Å². The number of unbranched alkanes of at least 4 members (excludes halogenated alkanes) is 2. The van der Waals surface area contributed by atoms with Crippen LogP contribution in [-0.2, 0) is 4.79 Å².